The fourth-order valence-corrected chi connectivity index (χ4v) is 4.86. The molecule has 0 bridgehead atoms. The highest BCUT2D eigenvalue weighted by atomic mass is 32.2. The zero-order valence-electron chi connectivity index (χ0n) is 18.1. The molecule has 9 heteroatoms. The second kappa shape index (κ2) is 9.58. The molecule has 0 aliphatic carbocycles. The Balaban J connectivity index is 1.39. The quantitative estimate of drug-likeness (QED) is 0.380. The minimum atomic E-state index is -0.273. The predicted molar refractivity (Wildman–Crippen MR) is 125 cm³/mol. The van der Waals surface area contributed by atoms with Crippen molar-refractivity contribution in [2.75, 3.05) is 7.11 Å². The molecule has 1 N–H and O–H groups in total. The first kappa shape index (κ1) is 21.4. The number of rotatable bonds is 9. The second-order valence-corrected chi connectivity index (χ2v) is 8.84. The van der Waals surface area contributed by atoms with E-state index in [1.807, 2.05) is 42.7 Å². The number of aromatic amines is 1. The Morgan fingerprint density at radius 1 is 1.18 bits per heavy atom. The Morgan fingerprint density at radius 2 is 2.12 bits per heavy atom. The van der Waals surface area contributed by atoms with Crippen molar-refractivity contribution in [1.29, 1.82) is 0 Å². The van der Waals surface area contributed by atoms with Crippen LogP contribution in [0.2, 0.25) is 0 Å². The average molecular weight is 463 g/mol. The number of hydrogen-bond acceptors (Lipinski definition) is 6. The van der Waals surface area contributed by atoms with Crippen LogP contribution in [-0.2, 0) is 19.4 Å². The van der Waals surface area contributed by atoms with E-state index in [1.54, 1.807) is 25.2 Å². The van der Waals surface area contributed by atoms with E-state index >= 15 is 0 Å². The number of hydrogen-bond donors (Lipinski definition) is 1. The first-order chi connectivity index (χ1) is 16.2. The lowest BCUT2D eigenvalue weighted by Crippen LogP contribution is -2.11. The third-order valence-electron chi connectivity index (χ3n) is 5.61. The van der Waals surface area contributed by atoms with Crippen LogP contribution in [-0.4, -0.2) is 38.1 Å². The van der Waals surface area contributed by atoms with Gasteiger partial charge in [-0.1, -0.05) is 12.1 Å². The van der Waals surface area contributed by atoms with Gasteiger partial charge in [0.05, 0.1) is 19.1 Å². The van der Waals surface area contributed by atoms with Gasteiger partial charge < -0.3 is 14.3 Å². The molecule has 0 saturated heterocycles. The molecule has 0 fully saturated rings. The summed E-state index contributed by atoms with van der Waals surface area (Å²) in [5.41, 5.74) is 2.81. The van der Waals surface area contributed by atoms with Gasteiger partial charge in [-0.15, -0.1) is 10.2 Å². The number of H-pyrrole nitrogens is 1. The van der Waals surface area contributed by atoms with Gasteiger partial charge in [0.1, 0.15) is 17.4 Å². The van der Waals surface area contributed by atoms with Crippen molar-refractivity contribution in [2.24, 2.45) is 4.99 Å². The van der Waals surface area contributed by atoms with Gasteiger partial charge in [-0.3, -0.25) is 4.99 Å². The van der Waals surface area contributed by atoms with Crippen LogP contribution in [0.25, 0.3) is 0 Å². The Kier molecular flexibility index (Phi) is 6.21. The van der Waals surface area contributed by atoms with E-state index < -0.39 is 0 Å². The minimum absolute atomic E-state index is 0.0471. The molecule has 3 heterocycles. The summed E-state index contributed by atoms with van der Waals surface area (Å²) in [4.78, 5) is 12.7. The number of aromatic nitrogens is 5. The van der Waals surface area contributed by atoms with E-state index in [-0.39, 0.29) is 11.7 Å². The van der Waals surface area contributed by atoms with E-state index in [4.69, 9.17) is 4.74 Å². The number of fused-ring (bicyclic) bond motifs is 1. The average Bonchev–Trinajstić information content (AvgIpc) is 3.56. The lowest BCUT2D eigenvalue weighted by molar-refractivity contribution is 0.413. The second-order valence-electron chi connectivity index (χ2n) is 7.80. The topological polar surface area (TPSA) is 81.0 Å². The van der Waals surface area contributed by atoms with Crippen LogP contribution in [0, 0.1) is 5.82 Å². The monoisotopic (exact) mass is 462 g/mol. The highest BCUT2D eigenvalue weighted by molar-refractivity contribution is 7.99. The minimum Gasteiger partial charge on any atom is -0.497 e. The summed E-state index contributed by atoms with van der Waals surface area (Å²) in [5, 5.41) is 9.87. The molecular formula is C24H23FN6OS. The maximum Gasteiger partial charge on any atom is 0.196 e. The number of nitrogens with one attached hydrogen (secondary N) is 1. The molecule has 4 aromatic rings. The Morgan fingerprint density at radius 3 is 2.97 bits per heavy atom. The van der Waals surface area contributed by atoms with Crippen LogP contribution >= 0.6 is 11.8 Å². The van der Waals surface area contributed by atoms with Gasteiger partial charge in [0.25, 0.3) is 0 Å². The molecule has 0 saturated carbocycles. The number of aliphatic imine (C=N–C) groups is 1. The van der Waals surface area contributed by atoms with E-state index in [0.717, 1.165) is 52.3 Å². The van der Waals surface area contributed by atoms with Crippen molar-refractivity contribution >= 4 is 23.7 Å². The van der Waals surface area contributed by atoms with E-state index in [9.17, 15) is 4.39 Å². The molecule has 0 radical (unpaired) electrons. The summed E-state index contributed by atoms with van der Waals surface area (Å²) in [6.07, 6.45) is 7.88. The summed E-state index contributed by atoms with van der Waals surface area (Å²) in [6, 6.07) is 12.7. The predicted octanol–water partition coefficient (Wildman–Crippen LogP) is 4.98. The molecule has 168 valence electrons. The highest BCUT2D eigenvalue weighted by Crippen LogP contribution is 2.35. The van der Waals surface area contributed by atoms with Crippen molar-refractivity contribution in [3.05, 3.63) is 77.9 Å². The van der Waals surface area contributed by atoms with Crippen LogP contribution in [0.3, 0.4) is 0 Å². The molecule has 1 aliphatic rings. The first-order valence-corrected chi connectivity index (χ1v) is 11.6. The lowest BCUT2D eigenvalue weighted by Gasteiger charge is -2.13. The number of benzene rings is 2. The largest absolute Gasteiger partial charge is 0.497 e. The van der Waals surface area contributed by atoms with Crippen molar-refractivity contribution < 1.29 is 9.13 Å². The van der Waals surface area contributed by atoms with E-state index in [1.165, 1.54) is 12.1 Å². The van der Waals surface area contributed by atoms with Crippen molar-refractivity contribution in [3.63, 3.8) is 0 Å². The number of aryl methyl sites for hydroxylation is 1. The third-order valence-corrected chi connectivity index (χ3v) is 6.59. The maximum absolute atomic E-state index is 13.6. The summed E-state index contributed by atoms with van der Waals surface area (Å²) < 4.78 is 21.1. The van der Waals surface area contributed by atoms with Crippen LogP contribution in [0.5, 0.6) is 5.75 Å². The first-order valence-electron chi connectivity index (χ1n) is 10.7. The number of halogens is 1. The van der Waals surface area contributed by atoms with Crippen molar-refractivity contribution in [3.8, 4) is 5.75 Å². The molecule has 1 aliphatic heterocycles. The molecule has 2 aromatic carbocycles. The molecule has 1 unspecified atom stereocenters. The van der Waals surface area contributed by atoms with Gasteiger partial charge >= 0.3 is 0 Å². The molecule has 33 heavy (non-hydrogen) atoms. The molecule has 0 amide bonds. The summed E-state index contributed by atoms with van der Waals surface area (Å²) in [6.45, 7) is 0.772. The van der Waals surface area contributed by atoms with Gasteiger partial charge in [-0.25, -0.2) is 9.37 Å². The van der Waals surface area contributed by atoms with Crippen molar-refractivity contribution in [2.45, 2.75) is 41.8 Å². The standard InChI is InChI=1S/C24H23FN6OS/c1-32-19-5-2-6-20(12-19)33-24-30-29-23(31(24)9-3-4-18-14-26-15-28-18)10-16-13-27-22-11-17(25)7-8-21(16)22/h2,5-8,11-16H,3-4,9-10H2,1H3,(H,26,28). The van der Waals surface area contributed by atoms with Crippen molar-refractivity contribution in [1.82, 2.24) is 24.7 Å². The number of ether oxygens (including phenoxy) is 1. The maximum atomic E-state index is 13.6. The molecule has 7 nitrogen and oxygen atoms in total. The van der Waals surface area contributed by atoms with Crippen LogP contribution in [0.1, 0.15) is 29.4 Å². The van der Waals surface area contributed by atoms with Gasteiger partial charge in [-0.2, -0.15) is 0 Å². The Labute approximate surface area is 195 Å². The zero-order chi connectivity index (χ0) is 22.6. The molecule has 0 spiro atoms. The Hall–Kier alpha value is -3.46. The third kappa shape index (κ3) is 4.83. The Bertz CT molecular complexity index is 1270. The van der Waals surface area contributed by atoms with Gasteiger partial charge in [-0.05, 0) is 60.5 Å². The fraction of sp³-hybridized carbons (Fsp3) is 0.250. The fourth-order valence-electron chi connectivity index (χ4n) is 3.94. The molecule has 5 rings (SSSR count). The van der Waals surface area contributed by atoms with Gasteiger partial charge in [0.15, 0.2) is 5.16 Å². The van der Waals surface area contributed by atoms with Gasteiger partial charge in [0.2, 0.25) is 0 Å². The van der Waals surface area contributed by atoms with E-state index in [2.05, 4.69) is 29.7 Å². The smallest absolute Gasteiger partial charge is 0.196 e. The summed E-state index contributed by atoms with van der Waals surface area (Å²) >= 11 is 1.56. The summed E-state index contributed by atoms with van der Waals surface area (Å²) in [5.74, 6) is 1.46. The van der Waals surface area contributed by atoms with Crippen LogP contribution in [0.4, 0.5) is 10.1 Å². The SMILES string of the molecule is COc1cccc(Sc2nnc(CC3C=Nc4cc(F)ccc43)n2CCCc2cnc[nH]2)c1. The zero-order valence-corrected chi connectivity index (χ0v) is 18.9. The van der Waals surface area contributed by atoms with Gasteiger partial charge in [0, 0.05) is 41.9 Å². The molecular weight excluding hydrogens is 439 g/mol. The molecule has 1 atom stereocenters. The highest BCUT2D eigenvalue weighted by Gasteiger charge is 2.23. The van der Waals surface area contributed by atoms with E-state index in [0.29, 0.717) is 12.1 Å². The lowest BCUT2D eigenvalue weighted by atomic mass is 9.97. The number of methoxy groups -OCH3 is 1. The van der Waals surface area contributed by atoms with Crippen LogP contribution < -0.4 is 4.74 Å². The normalized spacial score (nSPS) is 14.5. The number of nitrogens with zero attached hydrogens (tertiary/aromatic N) is 5. The summed E-state index contributed by atoms with van der Waals surface area (Å²) in [7, 11) is 1.66. The van der Waals surface area contributed by atoms with Crippen LogP contribution in [0.15, 0.2) is 70.0 Å². The molecule has 2 aromatic heterocycles. The number of imidazole rings is 1.